The summed E-state index contributed by atoms with van der Waals surface area (Å²) >= 11 is 0. The van der Waals surface area contributed by atoms with Crippen molar-refractivity contribution >= 4 is 5.97 Å². The van der Waals surface area contributed by atoms with E-state index < -0.39 is 17.1 Å². The van der Waals surface area contributed by atoms with Crippen molar-refractivity contribution in [2.24, 2.45) is 34.5 Å². The number of aliphatic hydroxyl groups excluding tert-OH is 2. The zero-order chi connectivity index (χ0) is 19.9. The molecule has 1 aliphatic heterocycles. The Morgan fingerprint density at radius 3 is 2.61 bits per heavy atom. The molecular weight excluding hydrogens is 356 g/mol. The SMILES string of the molecule is C[C@]12CC[C@H](O)CC1CCC1C2[C@H](O)C[C@]2(C)C(C3=CC(=O)OC3)CC[C@]12O. The van der Waals surface area contributed by atoms with Gasteiger partial charge in [-0.1, -0.05) is 13.8 Å². The summed E-state index contributed by atoms with van der Waals surface area (Å²) in [5, 5.41) is 33.7. The number of hydrogen-bond donors (Lipinski definition) is 3. The fourth-order valence-electron chi connectivity index (χ4n) is 8.49. The summed E-state index contributed by atoms with van der Waals surface area (Å²) in [6.45, 7) is 4.76. The number of fused-ring (bicyclic) bond motifs is 5. The summed E-state index contributed by atoms with van der Waals surface area (Å²) in [6, 6.07) is 0. The molecule has 0 aromatic carbocycles. The molecule has 5 heteroatoms. The van der Waals surface area contributed by atoms with Crippen LogP contribution in [0.15, 0.2) is 11.6 Å². The molecule has 1 heterocycles. The summed E-state index contributed by atoms with van der Waals surface area (Å²) in [6.07, 6.45) is 7.61. The average molecular weight is 391 g/mol. The average Bonchev–Trinajstić information content (AvgIpc) is 3.16. The van der Waals surface area contributed by atoms with E-state index in [4.69, 9.17) is 4.74 Å². The predicted octanol–water partition coefficient (Wildman–Crippen LogP) is 2.58. The van der Waals surface area contributed by atoms with Gasteiger partial charge in [-0.25, -0.2) is 4.79 Å². The lowest BCUT2D eigenvalue weighted by Crippen LogP contribution is -2.66. The molecule has 4 unspecified atom stereocenters. The number of aliphatic hydroxyl groups is 3. The molecule has 5 aliphatic rings. The Hall–Kier alpha value is -0.910. The largest absolute Gasteiger partial charge is 0.458 e. The minimum Gasteiger partial charge on any atom is -0.458 e. The van der Waals surface area contributed by atoms with Crippen molar-refractivity contribution in [1.82, 2.24) is 0 Å². The van der Waals surface area contributed by atoms with Crippen molar-refractivity contribution in [3.63, 3.8) is 0 Å². The van der Waals surface area contributed by atoms with Gasteiger partial charge in [-0.2, -0.15) is 0 Å². The van der Waals surface area contributed by atoms with Crippen LogP contribution < -0.4 is 0 Å². The summed E-state index contributed by atoms with van der Waals surface area (Å²) in [5.41, 5.74) is -0.250. The van der Waals surface area contributed by atoms with Gasteiger partial charge in [0.2, 0.25) is 0 Å². The molecule has 0 bridgehead atoms. The van der Waals surface area contributed by atoms with Crippen LogP contribution in [0, 0.1) is 34.5 Å². The van der Waals surface area contributed by atoms with E-state index in [0.29, 0.717) is 18.9 Å². The minimum atomic E-state index is -0.807. The van der Waals surface area contributed by atoms with Crippen LogP contribution in [0.4, 0.5) is 0 Å². The molecule has 5 nitrogen and oxygen atoms in total. The third-order valence-corrected chi connectivity index (χ3v) is 9.89. The van der Waals surface area contributed by atoms with Crippen molar-refractivity contribution in [2.45, 2.75) is 83.0 Å². The van der Waals surface area contributed by atoms with Gasteiger partial charge >= 0.3 is 5.97 Å². The van der Waals surface area contributed by atoms with Gasteiger partial charge in [-0.05, 0) is 86.0 Å². The lowest BCUT2D eigenvalue weighted by Gasteiger charge is -2.65. The van der Waals surface area contributed by atoms with Crippen molar-refractivity contribution in [3.05, 3.63) is 11.6 Å². The summed E-state index contributed by atoms with van der Waals surface area (Å²) in [5.74, 6) is 0.420. The summed E-state index contributed by atoms with van der Waals surface area (Å²) in [4.78, 5) is 11.6. The molecule has 3 N–H and O–H groups in total. The third kappa shape index (κ3) is 2.33. The first-order chi connectivity index (χ1) is 13.2. The highest BCUT2D eigenvalue weighted by atomic mass is 16.5. The van der Waals surface area contributed by atoms with Crippen LogP contribution in [-0.4, -0.2) is 45.7 Å². The predicted molar refractivity (Wildman–Crippen MR) is 103 cm³/mol. The maximum absolute atomic E-state index is 12.1. The zero-order valence-electron chi connectivity index (χ0n) is 17.1. The molecule has 4 fully saturated rings. The monoisotopic (exact) mass is 390 g/mol. The first-order valence-corrected chi connectivity index (χ1v) is 11.1. The second-order valence-corrected chi connectivity index (χ2v) is 10.9. The molecule has 9 atom stereocenters. The van der Waals surface area contributed by atoms with Crippen LogP contribution in [0.3, 0.4) is 0 Å². The fourth-order valence-corrected chi connectivity index (χ4v) is 8.49. The van der Waals surface area contributed by atoms with Crippen LogP contribution in [0.1, 0.15) is 65.2 Å². The Bertz CT molecular complexity index is 718. The maximum atomic E-state index is 12.1. The smallest absolute Gasteiger partial charge is 0.331 e. The van der Waals surface area contributed by atoms with E-state index in [0.717, 1.165) is 50.5 Å². The van der Waals surface area contributed by atoms with Gasteiger partial charge in [-0.15, -0.1) is 0 Å². The van der Waals surface area contributed by atoms with Crippen molar-refractivity contribution in [2.75, 3.05) is 6.61 Å². The lowest BCUT2D eigenvalue weighted by molar-refractivity contribution is -0.242. The van der Waals surface area contributed by atoms with Crippen molar-refractivity contribution < 1.29 is 24.9 Å². The molecule has 0 saturated heterocycles. The topological polar surface area (TPSA) is 87.0 Å². The molecule has 0 aromatic rings. The first kappa shape index (κ1) is 19.1. The molecule has 4 aliphatic carbocycles. The van der Waals surface area contributed by atoms with Crippen molar-refractivity contribution in [3.8, 4) is 0 Å². The number of hydrogen-bond acceptors (Lipinski definition) is 5. The number of esters is 1. The Morgan fingerprint density at radius 2 is 1.89 bits per heavy atom. The summed E-state index contributed by atoms with van der Waals surface area (Å²) in [7, 11) is 0. The molecule has 0 amide bonds. The van der Waals surface area contributed by atoms with Crippen LogP contribution in [-0.2, 0) is 9.53 Å². The summed E-state index contributed by atoms with van der Waals surface area (Å²) < 4.78 is 5.17. The zero-order valence-corrected chi connectivity index (χ0v) is 17.1. The van der Waals surface area contributed by atoms with Gasteiger partial charge in [-0.3, -0.25) is 0 Å². The Labute approximate surface area is 167 Å². The van der Waals surface area contributed by atoms with Gasteiger partial charge in [0, 0.05) is 11.5 Å². The number of carbonyl (C=O) groups is 1. The fraction of sp³-hybridized carbons (Fsp3) is 0.870. The van der Waals surface area contributed by atoms with Gasteiger partial charge in [0.1, 0.15) is 6.61 Å². The van der Waals surface area contributed by atoms with Gasteiger partial charge in [0.05, 0.1) is 17.8 Å². The maximum Gasteiger partial charge on any atom is 0.331 e. The van der Waals surface area contributed by atoms with E-state index in [-0.39, 0.29) is 35.2 Å². The van der Waals surface area contributed by atoms with Crippen LogP contribution in [0.25, 0.3) is 0 Å². The number of ether oxygens (including phenoxy) is 1. The highest BCUT2D eigenvalue weighted by molar-refractivity contribution is 5.85. The van der Waals surface area contributed by atoms with E-state index >= 15 is 0 Å². The quantitative estimate of drug-likeness (QED) is 0.599. The van der Waals surface area contributed by atoms with E-state index in [9.17, 15) is 20.1 Å². The van der Waals surface area contributed by atoms with Gasteiger partial charge in [0.15, 0.2) is 0 Å². The Morgan fingerprint density at radius 1 is 1.11 bits per heavy atom. The van der Waals surface area contributed by atoms with E-state index in [1.54, 1.807) is 6.08 Å². The molecule has 0 spiro atoms. The molecule has 0 radical (unpaired) electrons. The second kappa shape index (κ2) is 6.05. The van der Waals surface area contributed by atoms with Crippen molar-refractivity contribution in [1.29, 1.82) is 0 Å². The normalized spacial score (nSPS) is 55.8. The van der Waals surface area contributed by atoms with E-state index in [1.807, 2.05) is 0 Å². The number of cyclic esters (lactones) is 1. The van der Waals surface area contributed by atoms with Gasteiger partial charge < -0.3 is 20.1 Å². The lowest BCUT2D eigenvalue weighted by atomic mass is 9.42. The van der Waals surface area contributed by atoms with Gasteiger partial charge in [0.25, 0.3) is 0 Å². The molecule has 0 aromatic heterocycles. The number of rotatable bonds is 1. The van der Waals surface area contributed by atoms with Crippen LogP contribution in [0.2, 0.25) is 0 Å². The Balaban J connectivity index is 1.51. The third-order valence-electron chi connectivity index (χ3n) is 9.89. The highest BCUT2D eigenvalue weighted by Crippen LogP contribution is 2.69. The van der Waals surface area contributed by atoms with E-state index in [1.165, 1.54) is 0 Å². The number of carbonyl (C=O) groups excluding carboxylic acids is 1. The molecule has 5 rings (SSSR count). The molecule has 156 valence electrons. The molecular formula is C23H34O5. The minimum absolute atomic E-state index is 0.0115. The Kier molecular flexibility index (Phi) is 4.12. The first-order valence-electron chi connectivity index (χ1n) is 11.1. The standard InChI is InChI=1S/C23H34O5/c1-21-7-5-15(24)10-14(21)3-4-17-20(21)18(25)11-22(2)16(6-8-23(17,22)27)13-9-19(26)28-12-13/h9,14-18,20,24-25,27H,3-8,10-12H2,1-2H3/t14?,15-,16?,17?,18+,20?,21-,22+,23-/m0/s1. The second-order valence-electron chi connectivity index (χ2n) is 10.9. The van der Waals surface area contributed by atoms with Crippen LogP contribution >= 0.6 is 0 Å². The van der Waals surface area contributed by atoms with E-state index in [2.05, 4.69) is 13.8 Å². The molecule has 4 saturated carbocycles. The highest BCUT2D eigenvalue weighted by Gasteiger charge is 2.69. The molecule has 28 heavy (non-hydrogen) atoms. The van der Waals surface area contributed by atoms with Crippen LogP contribution in [0.5, 0.6) is 0 Å².